The summed E-state index contributed by atoms with van der Waals surface area (Å²) in [5.41, 5.74) is 3.26. The fourth-order valence-corrected chi connectivity index (χ4v) is 2.82. The largest absolute Gasteiger partial charge is 0.279 e. The van der Waals surface area contributed by atoms with Crippen molar-refractivity contribution in [3.63, 3.8) is 0 Å². The number of imidazole rings is 1. The Kier molecular flexibility index (Phi) is 4.07. The highest BCUT2D eigenvalue weighted by Gasteiger charge is 2.16. The predicted molar refractivity (Wildman–Crippen MR) is 88.0 cm³/mol. The van der Waals surface area contributed by atoms with Crippen LogP contribution < -0.4 is 0 Å². The average molecular weight is 341 g/mol. The zero-order chi connectivity index (χ0) is 15.0. The Morgan fingerprint density at radius 3 is 2.67 bits per heavy atom. The van der Waals surface area contributed by atoms with Gasteiger partial charge in [0.05, 0.1) is 15.7 Å². The molecule has 108 valence electrons. The first kappa shape index (κ1) is 14.6. The van der Waals surface area contributed by atoms with Gasteiger partial charge in [-0.2, -0.15) is 0 Å². The zero-order valence-electron chi connectivity index (χ0n) is 11.3. The van der Waals surface area contributed by atoms with E-state index in [1.165, 1.54) is 0 Å². The summed E-state index contributed by atoms with van der Waals surface area (Å²) in [6.45, 7) is 1.94. The van der Waals surface area contributed by atoms with E-state index in [1.807, 2.05) is 35.8 Å². The van der Waals surface area contributed by atoms with Crippen LogP contribution in [0.2, 0.25) is 10.0 Å². The molecule has 1 aromatic carbocycles. The molecule has 0 aliphatic rings. The molecule has 6 heteroatoms. The molecule has 0 unspecified atom stereocenters. The number of nitrogens with zero attached hydrogens (tertiary/aromatic N) is 3. The third-order valence-electron chi connectivity index (χ3n) is 3.20. The fourth-order valence-electron chi connectivity index (χ4n) is 2.27. The highest BCUT2D eigenvalue weighted by atomic mass is 35.5. The predicted octanol–water partition coefficient (Wildman–Crippen LogP) is 4.82. The Balaban J connectivity index is 2.35. The van der Waals surface area contributed by atoms with Gasteiger partial charge in [-0.15, -0.1) is 11.6 Å². The quantitative estimate of drug-likeness (QED) is 0.640. The molecule has 0 aliphatic heterocycles. The van der Waals surface area contributed by atoms with Crippen LogP contribution >= 0.6 is 34.8 Å². The van der Waals surface area contributed by atoms with Crippen molar-refractivity contribution >= 4 is 46.0 Å². The van der Waals surface area contributed by atoms with E-state index >= 15 is 0 Å². The molecule has 0 N–H and O–H groups in total. The van der Waals surface area contributed by atoms with E-state index in [0.717, 1.165) is 28.4 Å². The Labute approximate surface area is 137 Å². The van der Waals surface area contributed by atoms with Crippen molar-refractivity contribution in [2.45, 2.75) is 13.3 Å². The second-order valence-electron chi connectivity index (χ2n) is 4.67. The van der Waals surface area contributed by atoms with Gasteiger partial charge in [0, 0.05) is 18.0 Å². The number of benzene rings is 1. The molecule has 0 amide bonds. The van der Waals surface area contributed by atoms with Gasteiger partial charge >= 0.3 is 0 Å². The van der Waals surface area contributed by atoms with Crippen LogP contribution in [0.1, 0.15) is 11.5 Å². The number of fused-ring (bicyclic) bond motifs is 1. The summed E-state index contributed by atoms with van der Waals surface area (Å²) in [6.07, 6.45) is 0.625. The van der Waals surface area contributed by atoms with Gasteiger partial charge in [-0.1, -0.05) is 29.3 Å². The van der Waals surface area contributed by atoms with Gasteiger partial charge in [0.25, 0.3) is 0 Å². The van der Waals surface area contributed by atoms with Gasteiger partial charge in [0.15, 0.2) is 5.65 Å². The molecule has 0 bridgehead atoms. The van der Waals surface area contributed by atoms with Gasteiger partial charge < -0.3 is 0 Å². The Morgan fingerprint density at radius 2 is 1.90 bits per heavy atom. The smallest absolute Gasteiger partial charge is 0.164 e. The van der Waals surface area contributed by atoms with Gasteiger partial charge in [-0.25, -0.2) is 9.97 Å². The highest BCUT2D eigenvalue weighted by Crippen LogP contribution is 2.31. The maximum atomic E-state index is 6.36. The maximum Gasteiger partial charge on any atom is 0.164 e. The molecule has 3 aromatic rings. The summed E-state index contributed by atoms with van der Waals surface area (Å²) in [6, 6.07) is 9.40. The first-order chi connectivity index (χ1) is 10.1. The fraction of sp³-hybridized carbons (Fsp3) is 0.200. The molecule has 0 saturated carbocycles. The lowest BCUT2D eigenvalue weighted by Gasteiger charge is -2.11. The molecule has 0 radical (unpaired) electrons. The second-order valence-corrected chi connectivity index (χ2v) is 5.83. The number of alkyl halides is 1. The minimum atomic E-state index is 0.473. The van der Waals surface area contributed by atoms with Crippen LogP contribution in [0.4, 0.5) is 0 Å². The van der Waals surface area contributed by atoms with Crippen LogP contribution in [0.25, 0.3) is 16.9 Å². The van der Waals surface area contributed by atoms with Crippen molar-refractivity contribution in [2.75, 3.05) is 5.88 Å². The Morgan fingerprint density at radius 1 is 1.10 bits per heavy atom. The summed E-state index contributed by atoms with van der Waals surface area (Å²) < 4.78 is 1.93. The molecule has 21 heavy (non-hydrogen) atoms. The van der Waals surface area contributed by atoms with E-state index in [9.17, 15) is 0 Å². The van der Waals surface area contributed by atoms with E-state index < -0.39 is 0 Å². The summed E-state index contributed by atoms with van der Waals surface area (Å²) >= 11 is 18.4. The van der Waals surface area contributed by atoms with Crippen molar-refractivity contribution < 1.29 is 0 Å². The molecule has 0 saturated heterocycles. The molecule has 0 fully saturated rings. The SMILES string of the molecule is Cc1ccc2nc(CCCl)n(-c3cccc(Cl)c3Cl)c2n1. The lowest BCUT2D eigenvalue weighted by molar-refractivity contribution is 0.904. The summed E-state index contributed by atoms with van der Waals surface area (Å²) in [7, 11) is 0. The molecule has 0 aliphatic carbocycles. The maximum absolute atomic E-state index is 6.36. The second kappa shape index (κ2) is 5.84. The summed E-state index contributed by atoms with van der Waals surface area (Å²) in [5, 5.41) is 0.984. The average Bonchev–Trinajstić information content (AvgIpc) is 2.80. The van der Waals surface area contributed by atoms with E-state index in [2.05, 4.69) is 9.97 Å². The number of hydrogen-bond acceptors (Lipinski definition) is 2. The summed E-state index contributed by atoms with van der Waals surface area (Å²) in [5.74, 6) is 1.29. The van der Waals surface area contributed by atoms with Crippen LogP contribution in [0.3, 0.4) is 0 Å². The topological polar surface area (TPSA) is 30.7 Å². The first-order valence-electron chi connectivity index (χ1n) is 6.47. The van der Waals surface area contributed by atoms with Crippen molar-refractivity contribution in [1.82, 2.24) is 14.5 Å². The van der Waals surface area contributed by atoms with E-state index in [4.69, 9.17) is 34.8 Å². The van der Waals surface area contributed by atoms with Gasteiger partial charge in [0.2, 0.25) is 0 Å². The number of rotatable bonds is 3. The standard InChI is InChI=1S/C15H12Cl3N3/c1-9-5-6-11-15(19-9)21(13(20-11)7-8-16)12-4-2-3-10(17)14(12)18/h2-6H,7-8H2,1H3. The number of aryl methyl sites for hydroxylation is 2. The molecule has 3 rings (SSSR count). The third-order valence-corrected chi connectivity index (χ3v) is 4.20. The Hall–Kier alpha value is -1.29. The molecule has 0 spiro atoms. The van der Waals surface area contributed by atoms with Gasteiger partial charge in [0.1, 0.15) is 11.3 Å². The molecule has 0 atom stereocenters. The highest BCUT2D eigenvalue weighted by molar-refractivity contribution is 6.43. The van der Waals surface area contributed by atoms with Crippen LogP contribution in [0.5, 0.6) is 0 Å². The van der Waals surface area contributed by atoms with Crippen LogP contribution in [-0.4, -0.2) is 20.4 Å². The zero-order valence-corrected chi connectivity index (χ0v) is 13.5. The van der Waals surface area contributed by atoms with Gasteiger partial charge in [-0.05, 0) is 31.2 Å². The van der Waals surface area contributed by atoms with Crippen LogP contribution in [-0.2, 0) is 6.42 Å². The van der Waals surface area contributed by atoms with Gasteiger partial charge in [-0.3, -0.25) is 4.57 Å². The Bertz CT molecular complexity index is 811. The van der Waals surface area contributed by atoms with Crippen molar-refractivity contribution in [2.24, 2.45) is 0 Å². The lowest BCUT2D eigenvalue weighted by atomic mass is 10.3. The van der Waals surface area contributed by atoms with E-state index in [-0.39, 0.29) is 0 Å². The molecule has 2 heterocycles. The molecular formula is C15H12Cl3N3. The molecule has 2 aromatic heterocycles. The monoisotopic (exact) mass is 339 g/mol. The van der Waals surface area contributed by atoms with Crippen molar-refractivity contribution in [3.05, 3.63) is 51.9 Å². The molecular weight excluding hydrogens is 329 g/mol. The minimum absolute atomic E-state index is 0.473. The van der Waals surface area contributed by atoms with E-state index in [1.54, 1.807) is 6.07 Å². The number of halogens is 3. The molecule has 3 nitrogen and oxygen atoms in total. The number of pyridine rings is 1. The van der Waals surface area contributed by atoms with E-state index in [0.29, 0.717) is 22.3 Å². The van der Waals surface area contributed by atoms with Crippen molar-refractivity contribution in [1.29, 1.82) is 0 Å². The lowest BCUT2D eigenvalue weighted by Crippen LogP contribution is -2.04. The number of hydrogen-bond donors (Lipinski definition) is 0. The van der Waals surface area contributed by atoms with Crippen LogP contribution in [0, 0.1) is 6.92 Å². The first-order valence-corrected chi connectivity index (χ1v) is 7.76. The number of aromatic nitrogens is 3. The van der Waals surface area contributed by atoms with Crippen LogP contribution in [0.15, 0.2) is 30.3 Å². The third kappa shape index (κ3) is 2.61. The van der Waals surface area contributed by atoms with Crippen molar-refractivity contribution in [3.8, 4) is 5.69 Å². The normalized spacial score (nSPS) is 11.2. The summed E-state index contributed by atoms with van der Waals surface area (Å²) in [4.78, 5) is 9.19. The minimum Gasteiger partial charge on any atom is -0.279 e.